The van der Waals surface area contributed by atoms with Gasteiger partial charge in [-0.3, -0.25) is 9.59 Å². The molecule has 0 unspecified atom stereocenters. The van der Waals surface area contributed by atoms with E-state index in [0.29, 0.717) is 16.9 Å². The SMILES string of the molecule is N[C@H](C[C@@H](Cc1ccc(NC(=O)Nc2ccccc2)cc1)C(=O)O)C(=O)O. The third-order valence-electron chi connectivity index (χ3n) is 3.93. The molecular weight excluding hydrogens is 350 g/mol. The van der Waals surface area contributed by atoms with Crippen LogP contribution in [0.5, 0.6) is 0 Å². The van der Waals surface area contributed by atoms with Crippen LogP contribution in [0.25, 0.3) is 0 Å². The Labute approximate surface area is 156 Å². The van der Waals surface area contributed by atoms with Crippen LogP contribution in [-0.2, 0) is 16.0 Å². The second-order valence-corrected chi connectivity index (χ2v) is 6.06. The molecule has 2 aromatic carbocycles. The van der Waals surface area contributed by atoms with Crippen molar-refractivity contribution in [3.05, 3.63) is 60.2 Å². The molecule has 0 aliphatic heterocycles. The lowest BCUT2D eigenvalue weighted by molar-refractivity contribution is -0.143. The van der Waals surface area contributed by atoms with Crippen molar-refractivity contribution in [3.63, 3.8) is 0 Å². The van der Waals surface area contributed by atoms with Gasteiger partial charge in [-0.2, -0.15) is 0 Å². The third-order valence-corrected chi connectivity index (χ3v) is 3.93. The predicted molar refractivity (Wildman–Crippen MR) is 101 cm³/mol. The van der Waals surface area contributed by atoms with E-state index in [2.05, 4.69) is 10.6 Å². The van der Waals surface area contributed by atoms with Gasteiger partial charge in [-0.25, -0.2) is 4.79 Å². The Bertz CT molecular complexity index is 793. The molecule has 0 aliphatic rings. The quantitative estimate of drug-likeness (QED) is 0.482. The molecule has 0 heterocycles. The molecule has 0 aliphatic carbocycles. The minimum absolute atomic E-state index is 0.146. The number of para-hydroxylation sites is 1. The van der Waals surface area contributed by atoms with Gasteiger partial charge in [0.1, 0.15) is 6.04 Å². The monoisotopic (exact) mass is 371 g/mol. The van der Waals surface area contributed by atoms with Gasteiger partial charge in [0.05, 0.1) is 5.92 Å². The van der Waals surface area contributed by atoms with Crippen LogP contribution in [0.15, 0.2) is 54.6 Å². The first kappa shape index (κ1) is 19.9. The van der Waals surface area contributed by atoms with E-state index in [-0.39, 0.29) is 12.8 Å². The average molecular weight is 371 g/mol. The summed E-state index contributed by atoms with van der Waals surface area (Å²) in [5.41, 5.74) is 7.34. The molecule has 0 spiro atoms. The molecule has 0 saturated carbocycles. The van der Waals surface area contributed by atoms with Crippen molar-refractivity contribution in [2.45, 2.75) is 18.9 Å². The van der Waals surface area contributed by atoms with Crippen molar-refractivity contribution < 1.29 is 24.6 Å². The second kappa shape index (κ2) is 9.35. The minimum atomic E-state index is -1.23. The number of hydrogen-bond donors (Lipinski definition) is 5. The molecule has 0 bridgehead atoms. The number of carbonyl (C=O) groups is 3. The average Bonchev–Trinajstić information content (AvgIpc) is 2.63. The summed E-state index contributed by atoms with van der Waals surface area (Å²) in [7, 11) is 0. The first-order valence-corrected chi connectivity index (χ1v) is 8.28. The summed E-state index contributed by atoms with van der Waals surface area (Å²) in [5, 5.41) is 23.5. The maximum atomic E-state index is 11.9. The second-order valence-electron chi connectivity index (χ2n) is 6.06. The highest BCUT2D eigenvalue weighted by Gasteiger charge is 2.24. The predicted octanol–water partition coefficient (Wildman–Crippen LogP) is 2.38. The summed E-state index contributed by atoms with van der Waals surface area (Å²) >= 11 is 0. The normalized spacial score (nSPS) is 12.6. The number of aliphatic carboxylic acids is 2. The molecule has 0 aromatic heterocycles. The number of amides is 2. The van der Waals surface area contributed by atoms with Gasteiger partial charge in [0, 0.05) is 11.4 Å². The molecule has 0 radical (unpaired) electrons. The number of carboxylic acid groups (broad SMARTS) is 2. The Morgan fingerprint density at radius 1 is 0.852 bits per heavy atom. The highest BCUT2D eigenvalue weighted by Crippen LogP contribution is 2.17. The third kappa shape index (κ3) is 6.44. The molecule has 2 aromatic rings. The molecular formula is C19H21N3O5. The number of nitrogens with two attached hydrogens (primary N) is 1. The first-order chi connectivity index (χ1) is 12.8. The van der Waals surface area contributed by atoms with E-state index < -0.39 is 29.9 Å². The van der Waals surface area contributed by atoms with E-state index in [0.717, 1.165) is 0 Å². The number of carboxylic acids is 2. The van der Waals surface area contributed by atoms with Gasteiger partial charge >= 0.3 is 18.0 Å². The summed E-state index contributed by atoms with van der Waals surface area (Å²) in [6.45, 7) is 0. The smallest absolute Gasteiger partial charge is 0.323 e. The zero-order valence-electron chi connectivity index (χ0n) is 14.5. The Morgan fingerprint density at radius 3 is 1.93 bits per heavy atom. The van der Waals surface area contributed by atoms with E-state index in [1.165, 1.54) is 0 Å². The topological polar surface area (TPSA) is 142 Å². The van der Waals surface area contributed by atoms with Gasteiger partial charge in [0.15, 0.2) is 0 Å². The first-order valence-electron chi connectivity index (χ1n) is 8.28. The number of carbonyl (C=O) groups excluding carboxylic acids is 1. The molecule has 8 nitrogen and oxygen atoms in total. The maximum absolute atomic E-state index is 11.9. The van der Waals surface area contributed by atoms with Crippen molar-refractivity contribution in [2.75, 3.05) is 10.6 Å². The highest BCUT2D eigenvalue weighted by molar-refractivity contribution is 5.99. The van der Waals surface area contributed by atoms with Crippen molar-refractivity contribution in [2.24, 2.45) is 11.7 Å². The number of benzene rings is 2. The van der Waals surface area contributed by atoms with Crippen LogP contribution in [0.1, 0.15) is 12.0 Å². The highest BCUT2D eigenvalue weighted by atomic mass is 16.4. The molecule has 2 amide bonds. The summed E-state index contributed by atoms with van der Waals surface area (Å²) in [6.07, 6.45) is -0.0169. The van der Waals surface area contributed by atoms with Crippen LogP contribution in [0, 0.1) is 5.92 Å². The van der Waals surface area contributed by atoms with Crippen LogP contribution >= 0.6 is 0 Å². The van der Waals surface area contributed by atoms with Gasteiger partial charge < -0.3 is 26.6 Å². The van der Waals surface area contributed by atoms with Gasteiger partial charge in [0.25, 0.3) is 0 Å². The van der Waals surface area contributed by atoms with Crippen LogP contribution < -0.4 is 16.4 Å². The molecule has 6 N–H and O–H groups in total. The fraction of sp³-hybridized carbons (Fsp3) is 0.211. The maximum Gasteiger partial charge on any atom is 0.323 e. The summed E-state index contributed by atoms with van der Waals surface area (Å²) in [4.78, 5) is 34.1. The summed E-state index contributed by atoms with van der Waals surface area (Å²) in [6, 6.07) is 14.0. The van der Waals surface area contributed by atoms with Crippen molar-refractivity contribution in [1.82, 2.24) is 0 Å². The minimum Gasteiger partial charge on any atom is -0.481 e. The Morgan fingerprint density at radius 2 is 1.41 bits per heavy atom. The summed E-state index contributed by atoms with van der Waals surface area (Å²) in [5.74, 6) is -3.24. The largest absolute Gasteiger partial charge is 0.481 e. The van der Waals surface area contributed by atoms with Gasteiger partial charge in [-0.05, 0) is 42.7 Å². The lowest BCUT2D eigenvalue weighted by atomic mass is 9.93. The zero-order valence-corrected chi connectivity index (χ0v) is 14.5. The Kier molecular flexibility index (Phi) is 6.90. The number of nitrogens with one attached hydrogen (secondary N) is 2. The Hall–Kier alpha value is -3.39. The lowest BCUT2D eigenvalue weighted by Gasteiger charge is -2.15. The molecule has 0 saturated heterocycles. The van der Waals surface area contributed by atoms with E-state index in [9.17, 15) is 19.5 Å². The molecule has 8 heteroatoms. The van der Waals surface area contributed by atoms with Gasteiger partial charge in [-0.15, -0.1) is 0 Å². The van der Waals surface area contributed by atoms with E-state index >= 15 is 0 Å². The molecule has 27 heavy (non-hydrogen) atoms. The van der Waals surface area contributed by atoms with Crippen molar-refractivity contribution >= 4 is 29.3 Å². The Balaban J connectivity index is 1.94. The van der Waals surface area contributed by atoms with Crippen LogP contribution in [0.3, 0.4) is 0 Å². The zero-order chi connectivity index (χ0) is 19.8. The fourth-order valence-corrected chi connectivity index (χ4v) is 2.50. The molecule has 2 atom stereocenters. The standard InChI is InChI=1S/C19H21N3O5/c20-16(18(25)26)11-13(17(23)24)10-12-6-8-15(9-7-12)22-19(27)21-14-4-2-1-3-5-14/h1-9,13,16H,10-11,20H2,(H,23,24)(H,25,26)(H2,21,22,27)/t13-,16-/m1/s1. The fourth-order valence-electron chi connectivity index (χ4n) is 2.50. The van der Waals surface area contributed by atoms with Gasteiger partial charge in [0.2, 0.25) is 0 Å². The molecule has 0 fully saturated rings. The van der Waals surface area contributed by atoms with E-state index in [1.54, 1.807) is 48.5 Å². The number of hydrogen-bond acceptors (Lipinski definition) is 4. The number of urea groups is 1. The van der Waals surface area contributed by atoms with Gasteiger partial charge in [-0.1, -0.05) is 30.3 Å². The molecule has 2 rings (SSSR count). The summed E-state index contributed by atoms with van der Waals surface area (Å²) < 4.78 is 0. The van der Waals surface area contributed by atoms with Crippen molar-refractivity contribution in [3.8, 4) is 0 Å². The number of anilines is 2. The molecule has 142 valence electrons. The number of rotatable bonds is 8. The lowest BCUT2D eigenvalue weighted by Crippen LogP contribution is -2.35. The van der Waals surface area contributed by atoms with Crippen molar-refractivity contribution in [1.29, 1.82) is 0 Å². The van der Waals surface area contributed by atoms with E-state index in [1.807, 2.05) is 6.07 Å². The van der Waals surface area contributed by atoms with Crippen LogP contribution in [0.2, 0.25) is 0 Å². The van der Waals surface area contributed by atoms with Crippen LogP contribution in [-0.4, -0.2) is 34.2 Å². The van der Waals surface area contributed by atoms with E-state index in [4.69, 9.17) is 10.8 Å². The van der Waals surface area contributed by atoms with Crippen LogP contribution in [0.4, 0.5) is 16.2 Å².